The molecular weight excluding hydrogens is 293 g/mol. The van der Waals surface area contributed by atoms with Crippen LogP contribution in [0.3, 0.4) is 0 Å². The molecule has 1 aromatic heterocycles. The lowest BCUT2D eigenvalue weighted by molar-refractivity contribution is 0.0599. The van der Waals surface area contributed by atoms with Crippen molar-refractivity contribution in [3.63, 3.8) is 0 Å². The molecule has 1 heterocycles. The Bertz CT molecular complexity index is 371. The highest BCUT2D eigenvalue weighted by Gasteiger charge is 2.17. The van der Waals surface area contributed by atoms with Gasteiger partial charge in [0, 0.05) is 5.33 Å². The van der Waals surface area contributed by atoms with Crippen LogP contribution in [0, 0.1) is 0 Å². The first-order valence-electron chi connectivity index (χ1n) is 3.59. The average Bonchev–Trinajstić information content (AvgIpc) is 2.15. The van der Waals surface area contributed by atoms with Gasteiger partial charge in [-0.15, -0.1) is 0 Å². The van der Waals surface area contributed by atoms with Crippen LogP contribution < -0.4 is 0 Å². The Kier molecular flexibility index (Phi) is 4.16. The van der Waals surface area contributed by atoms with Crippen LogP contribution in [0.15, 0.2) is 6.07 Å². The summed E-state index contributed by atoms with van der Waals surface area (Å²) in [6.45, 7) is 0. The summed E-state index contributed by atoms with van der Waals surface area (Å²) in [5.41, 5.74) is 0.713. The standard InChI is InChI=1S/C8H6BrCl2NO2/c1-14-8(13)7-4(10)2-6(11)12-5(7)3-9/h2H,3H2,1H3. The molecule has 0 saturated carbocycles. The molecule has 1 aromatic rings. The van der Waals surface area contributed by atoms with Gasteiger partial charge in [0.15, 0.2) is 0 Å². The highest BCUT2D eigenvalue weighted by Crippen LogP contribution is 2.24. The molecular formula is C8H6BrCl2NO2. The molecule has 0 bridgehead atoms. The lowest BCUT2D eigenvalue weighted by atomic mass is 10.2. The zero-order valence-electron chi connectivity index (χ0n) is 7.18. The first-order valence-corrected chi connectivity index (χ1v) is 5.47. The molecule has 0 radical (unpaired) electrons. The van der Waals surface area contributed by atoms with Crippen LogP contribution in [0.5, 0.6) is 0 Å². The van der Waals surface area contributed by atoms with Crippen LogP contribution in [-0.4, -0.2) is 18.1 Å². The fourth-order valence-corrected chi connectivity index (χ4v) is 1.91. The number of pyridine rings is 1. The van der Waals surface area contributed by atoms with Gasteiger partial charge in [0.2, 0.25) is 0 Å². The van der Waals surface area contributed by atoms with Crippen LogP contribution in [0.1, 0.15) is 16.1 Å². The Morgan fingerprint density at radius 2 is 2.29 bits per heavy atom. The molecule has 76 valence electrons. The van der Waals surface area contributed by atoms with E-state index in [0.717, 1.165) is 0 Å². The van der Waals surface area contributed by atoms with E-state index in [-0.39, 0.29) is 15.7 Å². The van der Waals surface area contributed by atoms with Crippen LogP contribution >= 0.6 is 39.1 Å². The molecule has 0 atom stereocenters. The second-order valence-electron chi connectivity index (χ2n) is 2.37. The summed E-state index contributed by atoms with van der Waals surface area (Å²) < 4.78 is 4.57. The van der Waals surface area contributed by atoms with Crippen molar-refractivity contribution in [3.8, 4) is 0 Å². The monoisotopic (exact) mass is 297 g/mol. The summed E-state index contributed by atoms with van der Waals surface area (Å²) in [7, 11) is 1.28. The minimum atomic E-state index is -0.520. The van der Waals surface area contributed by atoms with Crippen LogP contribution in [0.25, 0.3) is 0 Å². The van der Waals surface area contributed by atoms with E-state index >= 15 is 0 Å². The van der Waals surface area contributed by atoms with Gasteiger partial charge in [-0.3, -0.25) is 0 Å². The Balaban J connectivity index is 3.32. The lowest BCUT2D eigenvalue weighted by Gasteiger charge is -2.06. The average molecular weight is 299 g/mol. The Morgan fingerprint density at radius 3 is 2.79 bits per heavy atom. The number of hydrogen-bond acceptors (Lipinski definition) is 3. The SMILES string of the molecule is COC(=O)c1c(Cl)cc(Cl)nc1CBr. The highest BCUT2D eigenvalue weighted by molar-refractivity contribution is 9.08. The largest absolute Gasteiger partial charge is 0.465 e. The van der Waals surface area contributed by atoms with Gasteiger partial charge in [-0.1, -0.05) is 39.1 Å². The molecule has 0 fully saturated rings. The molecule has 0 aliphatic rings. The van der Waals surface area contributed by atoms with Crippen LogP contribution in [0.2, 0.25) is 10.2 Å². The van der Waals surface area contributed by atoms with E-state index in [0.29, 0.717) is 11.0 Å². The number of nitrogens with zero attached hydrogens (tertiary/aromatic N) is 1. The van der Waals surface area contributed by atoms with Crippen molar-refractivity contribution in [1.82, 2.24) is 4.98 Å². The van der Waals surface area contributed by atoms with Gasteiger partial charge < -0.3 is 4.74 Å². The number of hydrogen-bond donors (Lipinski definition) is 0. The van der Waals surface area contributed by atoms with E-state index in [4.69, 9.17) is 23.2 Å². The Hall–Kier alpha value is -0.320. The number of alkyl halides is 1. The molecule has 0 aliphatic carbocycles. The van der Waals surface area contributed by atoms with E-state index in [2.05, 4.69) is 25.7 Å². The van der Waals surface area contributed by atoms with Crippen molar-refractivity contribution in [1.29, 1.82) is 0 Å². The highest BCUT2D eigenvalue weighted by atomic mass is 79.9. The summed E-state index contributed by atoms with van der Waals surface area (Å²) >= 11 is 14.7. The van der Waals surface area contributed by atoms with Crippen molar-refractivity contribution < 1.29 is 9.53 Å². The number of methoxy groups -OCH3 is 1. The number of carbonyl (C=O) groups is 1. The van der Waals surface area contributed by atoms with E-state index < -0.39 is 5.97 Å². The Labute approximate surface area is 99.5 Å². The van der Waals surface area contributed by atoms with Gasteiger partial charge in [0.1, 0.15) is 10.7 Å². The van der Waals surface area contributed by atoms with Gasteiger partial charge in [-0.2, -0.15) is 0 Å². The Morgan fingerprint density at radius 1 is 1.64 bits per heavy atom. The third-order valence-corrected chi connectivity index (χ3v) is 2.55. The molecule has 0 spiro atoms. The van der Waals surface area contributed by atoms with Crippen molar-refractivity contribution in [2.75, 3.05) is 7.11 Å². The second-order valence-corrected chi connectivity index (χ2v) is 3.73. The van der Waals surface area contributed by atoms with Crippen molar-refractivity contribution in [3.05, 3.63) is 27.5 Å². The smallest absolute Gasteiger partial charge is 0.341 e. The first-order chi connectivity index (χ1) is 6.60. The third-order valence-electron chi connectivity index (χ3n) is 1.53. The quantitative estimate of drug-likeness (QED) is 0.478. The zero-order chi connectivity index (χ0) is 10.7. The number of rotatable bonds is 2. The van der Waals surface area contributed by atoms with Gasteiger partial charge in [0.05, 0.1) is 17.8 Å². The predicted molar refractivity (Wildman–Crippen MR) is 58.2 cm³/mol. The molecule has 0 aliphatic heterocycles. The van der Waals surface area contributed by atoms with Gasteiger partial charge in [-0.05, 0) is 6.07 Å². The van der Waals surface area contributed by atoms with Crippen molar-refractivity contribution >= 4 is 45.1 Å². The summed E-state index contributed by atoms with van der Waals surface area (Å²) in [6, 6.07) is 1.40. The first kappa shape index (κ1) is 11.8. The molecule has 0 N–H and O–H groups in total. The number of carbonyl (C=O) groups excluding carboxylic acids is 1. The molecule has 14 heavy (non-hydrogen) atoms. The van der Waals surface area contributed by atoms with Gasteiger partial charge in [-0.25, -0.2) is 9.78 Å². The molecule has 0 unspecified atom stereocenters. The molecule has 0 aromatic carbocycles. The topological polar surface area (TPSA) is 39.2 Å². The minimum absolute atomic E-state index is 0.242. The van der Waals surface area contributed by atoms with Crippen molar-refractivity contribution in [2.45, 2.75) is 5.33 Å². The summed E-state index contributed by atoms with van der Waals surface area (Å²) in [4.78, 5) is 15.3. The van der Waals surface area contributed by atoms with Crippen LogP contribution in [0.4, 0.5) is 0 Å². The molecule has 0 saturated heterocycles. The van der Waals surface area contributed by atoms with E-state index in [1.807, 2.05) is 0 Å². The van der Waals surface area contributed by atoms with E-state index in [1.54, 1.807) is 0 Å². The van der Waals surface area contributed by atoms with Gasteiger partial charge >= 0.3 is 5.97 Å². The second kappa shape index (κ2) is 4.96. The third kappa shape index (κ3) is 2.38. The van der Waals surface area contributed by atoms with E-state index in [1.165, 1.54) is 13.2 Å². The summed E-state index contributed by atoms with van der Waals surface area (Å²) in [5.74, 6) is -0.520. The lowest BCUT2D eigenvalue weighted by Crippen LogP contribution is -2.07. The number of esters is 1. The molecule has 1 rings (SSSR count). The fourth-order valence-electron chi connectivity index (χ4n) is 0.946. The summed E-state index contributed by atoms with van der Waals surface area (Å²) in [5, 5.41) is 0.876. The van der Waals surface area contributed by atoms with Crippen molar-refractivity contribution in [2.24, 2.45) is 0 Å². The molecule has 6 heteroatoms. The number of aromatic nitrogens is 1. The van der Waals surface area contributed by atoms with Crippen LogP contribution in [-0.2, 0) is 10.1 Å². The zero-order valence-corrected chi connectivity index (χ0v) is 10.3. The predicted octanol–water partition coefficient (Wildman–Crippen LogP) is 3.07. The summed E-state index contributed by atoms with van der Waals surface area (Å²) in [6.07, 6.45) is 0. The minimum Gasteiger partial charge on any atom is -0.465 e. The molecule has 3 nitrogen and oxygen atoms in total. The normalized spacial score (nSPS) is 10.0. The molecule has 0 amide bonds. The van der Waals surface area contributed by atoms with E-state index in [9.17, 15) is 4.79 Å². The van der Waals surface area contributed by atoms with Gasteiger partial charge in [0.25, 0.3) is 0 Å². The maximum absolute atomic E-state index is 11.3. The maximum Gasteiger partial charge on any atom is 0.341 e. The maximum atomic E-state index is 11.3. The number of ether oxygens (including phenoxy) is 1. The fraction of sp³-hybridized carbons (Fsp3) is 0.250. The number of halogens is 3.